The molecule has 2 rings (SSSR count). The van der Waals surface area contributed by atoms with Gasteiger partial charge in [0.2, 0.25) is 0 Å². The van der Waals surface area contributed by atoms with Gasteiger partial charge in [-0.1, -0.05) is 12.1 Å². The second-order valence-corrected chi connectivity index (χ2v) is 4.98. The number of rotatable bonds is 3. The number of nitrogens with zero attached hydrogens (tertiary/aromatic N) is 3. The molecule has 2 aromatic rings. The van der Waals surface area contributed by atoms with Crippen LogP contribution in [0.15, 0.2) is 33.8 Å². The lowest BCUT2D eigenvalue weighted by atomic mass is 10.1. The smallest absolute Gasteiger partial charge is 0.292 e. The number of aryl methyl sites for hydroxylation is 1. The topological polar surface area (TPSA) is 104 Å². The molecule has 0 spiro atoms. The summed E-state index contributed by atoms with van der Waals surface area (Å²) in [5.74, 6) is 0. The highest BCUT2D eigenvalue weighted by atomic mass is 79.9. The lowest BCUT2D eigenvalue weighted by molar-refractivity contribution is -0.383. The third kappa shape index (κ3) is 2.55. The van der Waals surface area contributed by atoms with Crippen molar-refractivity contribution in [3.05, 3.63) is 60.7 Å². The Bertz CT molecular complexity index is 742. The van der Waals surface area contributed by atoms with E-state index in [1.54, 1.807) is 13.0 Å². The summed E-state index contributed by atoms with van der Waals surface area (Å²) in [5.41, 5.74) is 6.47. The summed E-state index contributed by atoms with van der Waals surface area (Å²) in [6, 6.07) is 4.50. The lowest BCUT2D eigenvalue weighted by Crippen LogP contribution is -2.23. The van der Waals surface area contributed by atoms with Crippen molar-refractivity contribution < 1.29 is 4.92 Å². The van der Waals surface area contributed by atoms with E-state index in [1.165, 1.54) is 23.0 Å². The molecule has 0 radical (unpaired) electrons. The lowest BCUT2D eigenvalue weighted by Gasteiger charge is -2.09. The number of halogens is 1. The fraction of sp³-hybridized carbons (Fsp3) is 0.167. The van der Waals surface area contributed by atoms with Gasteiger partial charge in [-0.15, -0.1) is 0 Å². The van der Waals surface area contributed by atoms with Crippen LogP contribution in [0.2, 0.25) is 0 Å². The second-order valence-electron chi connectivity index (χ2n) is 4.18. The van der Waals surface area contributed by atoms with E-state index in [0.717, 1.165) is 0 Å². The van der Waals surface area contributed by atoms with E-state index >= 15 is 0 Å². The number of nitrogen functional groups attached to an aromatic ring is 1. The minimum Gasteiger partial charge on any atom is -0.393 e. The SMILES string of the molecule is Cc1ncn(Cc2cccc([N+](=O)[O-])c2N)c(=O)c1Br. The summed E-state index contributed by atoms with van der Waals surface area (Å²) < 4.78 is 1.70. The highest BCUT2D eigenvalue weighted by Crippen LogP contribution is 2.25. The molecule has 0 aliphatic carbocycles. The molecule has 7 nitrogen and oxygen atoms in total. The van der Waals surface area contributed by atoms with Crippen molar-refractivity contribution in [2.45, 2.75) is 13.5 Å². The van der Waals surface area contributed by atoms with Gasteiger partial charge < -0.3 is 5.73 Å². The Kier molecular flexibility index (Phi) is 3.84. The number of hydrogen-bond acceptors (Lipinski definition) is 5. The third-order valence-electron chi connectivity index (χ3n) is 2.87. The van der Waals surface area contributed by atoms with Crippen LogP contribution in [-0.4, -0.2) is 14.5 Å². The Hall–Kier alpha value is -2.22. The molecule has 20 heavy (non-hydrogen) atoms. The van der Waals surface area contributed by atoms with Crippen LogP contribution in [-0.2, 0) is 6.54 Å². The summed E-state index contributed by atoms with van der Waals surface area (Å²) in [5, 5.41) is 10.8. The molecule has 1 aromatic heterocycles. The highest BCUT2D eigenvalue weighted by molar-refractivity contribution is 9.10. The molecule has 1 heterocycles. The van der Waals surface area contributed by atoms with E-state index in [4.69, 9.17) is 5.73 Å². The molecule has 0 aliphatic heterocycles. The van der Waals surface area contributed by atoms with E-state index in [2.05, 4.69) is 20.9 Å². The van der Waals surface area contributed by atoms with Crippen LogP contribution in [0.4, 0.5) is 11.4 Å². The number of aromatic nitrogens is 2. The molecule has 2 N–H and O–H groups in total. The van der Waals surface area contributed by atoms with Crippen molar-refractivity contribution in [2.24, 2.45) is 0 Å². The molecule has 0 fully saturated rings. The zero-order valence-electron chi connectivity index (χ0n) is 10.5. The first-order valence-electron chi connectivity index (χ1n) is 5.65. The quantitative estimate of drug-likeness (QED) is 0.522. The summed E-state index contributed by atoms with van der Waals surface area (Å²) in [6.45, 7) is 1.83. The van der Waals surface area contributed by atoms with E-state index in [-0.39, 0.29) is 23.5 Å². The van der Waals surface area contributed by atoms with Gasteiger partial charge in [-0.2, -0.15) is 0 Å². The average molecular weight is 339 g/mol. The summed E-state index contributed by atoms with van der Waals surface area (Å²) in [4.78, 5) is 26.4. The van der Waals surface area contributed by atoms with Crippen molar-refractivity contribution in [1.82, 2.24) is 9.55 Å². The molecular formula is C12H11BrN4O3. The largest absolute Gasteiger partial charge is 0.393 e. The number of nitrogens with two attached hydrogens (primary N) is 1. The van der Waals surface area contributed by atoms with Gasteiger partial charge in [-0.05, 0) is 22.9 Å². The van der Waals surface area contributed by atoms with Crippen LogP contribution >= 0.6 is 15.9 Å². The zero-order chi connectivity index (χ0) is 14.9. The standard InChI is InChI=1S/C12H11BrN4O3/c1-7-10(13)12(18)16(6-15-7)5-8-3-2-4-9(11(8)14)17(19)20/h2-4,6H,5,14H2,1H3. The van der Waals surface area contributed by atoms with Gasteiger partial charge in [0.1, 0.15) is 10.2 Å². The van der Waals surface area contributed by atoms with Crippen molar-refractivity contribution >= 4 is 27.3 Å². The predicted octanol–water partition coefficient (Wildman–Crippen LogP) is 1.85. The van der Waals surface area contributed by atoms with Crippen molar-refractivity contribution in [2.75, 3.05) is 5.73 Å². The third-order valence-corrected chi connectivity index (χ3v) is 3.78. The minimum absolute atomic E-state index is 0.0566. The number of nitro benzene ring substituents is 1. The van der Waals surface area contributed by atoms with Gasteiger partial charge in [0, 0.05) is 11.6 Å². The van der Waals surface area contributed by atoms with Gasteiger partial charge in [0.05, 0.1) is 23.5 Å². The van der Waals surface area contributed by atoms with Gasteiger partial charge in [-0.25, -0.2) is 4.98 Å². The highest BCUT2D eigenvalue weighted by Gasteiger charge is 2.15. The van der Waals surface area contributed by atoms with Gasteiger partial charge in [0.25, 0.3) is 11.2 Å². The monoisotopic (exact) mass is 338 g/mol. The average Bonchev–Trinajstić information content (AvgIpc) is 2.41. The number of para-hydroxylation sites is 1. The number of hydrogen-bond donors (Lipinski definition) is 1. The predicted molar refractivity (Wildman–Crippen MR) is 77.5 cm³/mol. The molecule has 0 unspecified atom stereocenters. The zero-order valence-corrected chi connectivity index (χ0v) is 12.1. The Balaban J connectivity index is 2.46. The van der Waals surface area contributed by atoms with Crippen molar-refractivity contribution in [3.8, 4) is 0 Å². The van der Waals surface area contributed by atoms with E-state index in [9.17, 15) is 14.9 Å². The van der Waals surface area contributed by atoms with Crippen LogP contribution in [0.1, 0.15) is 11.3 Å². The van der Waals surface area contributed by atoms with Crippen LogP contribution < -0.4 is 11.3 Å². The molecule has 0 atom stereocenters. The first kappa shape index (κ1) is 14.2. The fourth-order valence-corrected chi connectivity index (χ4v) is 2.07. The Morgan fingerprint density at radius 1 is 1.50 bits per heavy atom. The van der Waals surface area contributed by atoms with Crippen LogP contribution in [0.25, 0.3) is 0 Å². The van der Waals surface area contributed by atoms with Gasteiger partial charge >= 0.3 is 0 Å². The van der Waals surface area contributed by atoms with Crippen LogP contribution in [0, 0.1) is 17.0 Å². The minimum atomic E-state index is -0.551. The fourth-order valence-electron chi connectivity index (χ4n) is 1.74. The van der Waals surface area contributed by atoms with E-state index in [0.29, 0.717) is 15.7 Å². The first-order chi connectivity index (χ1) is 9.41. The van der Waals surface area contributed by atoms with Gasteiger partial charge in [-0.3, -0.25) is 19.5 Å². The maximum absolute atomic E-state index is 12.0. The Labute approximate surface area is 122 Å². The molecule has 1 aromatic carbocycles. The number of benzene rings is 1. The molecule has 8 heteroatoms. The Morgan fingerprint density at radius 2 is 2.20 bits per heavy atom. The Morgan fingerprint density at radius 3 is 2.85 bits per heavy atom. The van der Waals surface area contributed by atoms with Crippen LogP contribution in [0.5, 0.6) is 0 Å². The summed E-state index contributed by atoms with van der Waals surface area (Å²) in [7, 11) is 0. The van der Waals surface area contributed by atoms with E-state index < -0.39 is 4.92 Å². The molecule has 0 bridgehead atoms. The maximum atomic E-state index is 12.0. The molecule has 0 aliphatic rings. The van der Waals surface area contributed by atoms with Gasteiger partial charge in [0.15, 0.2) is 0 Å². The number of anilines is 1. The number of nitro groups is 1. The molecule has 0 saturated heterocycles. The summed E-state index contributed by atoms with van der Waals surface area (Å²) in [6.07, 6.45) is 1.39. The van der Waals surface area contributed by atoms with Crippen molar-refractivity contribution in [3.63, 3.8) is 0 Å². The second kappa shape index (κ2) is 5.41. The maximum Gasteiger partial charge on any atom is 0.292 e. The first-order valence-corrected chi connectivity index (χ1v) is 6.44. The van der Waals surface area contributed by atoms with Crippen molar-refractivity contribution in [1.29, 1.82) is 0 Å². The molecular weight excluding hydrogens is 328 g/mol. The van der Waals surface area contributed by atoms with E-state index in [1.807, 2.05) is 0 Å². The molecule has 104 valence electrons. The van der Waals surface area contributed by atoms with Crippen LogP contribution in [0.3, 0.4) is 0 Å². The normalized spacial score (nSPS) is 10.5. The molecule has 0 amide bonds. The summed E-state index contributed by atoms with van der Waals surface area (Å²) >= 11 is 3.16. The molecule has 0 saturated carbocycles.